The fraction of sp³-hybridized carbons (Fsp3) is 0.150. The molecule has 2 N–H and O–H groups in total. The van der Waals surface area contributed by atoms with Gasteiger partial charge in [0.25, 0.3) is 0 Å². The molecule has 4 rings (SSSR count). The van der Waals surface area contributed by atoms with Crippen molar-refractivity contribution in [2.45, 2.75) is 20.0 Å². The molecule has 0 fully saturated rings. The van der Waals surface area contributed by atoms with Crippen molar-refractivity contribution in [3.05, 3.63) is 74.3 Å². The Kier molecular flexibility index (Phi) is 5.43. The molecular formula is C20H17FN4OS2. The normalized spacial score (nSPS) is 11.5. The molecule has 0 saturated carbocycles. The van der Waals surface area contributed by atoms with Crippen LogP contribution >= 0.6 is 22.7 Å². The first-order valence-corrected chi connectivity index (χ1v) is 10.2. The second kappa shape index (κ2) is 8.14. The number of aromatic nitrogens is 2. The number of thiophene rings is 2. The predicted octanol–water partition coefficient (Wildman–Crippen LogP) is 4.73. The first-order chi connectivity index (χ1) is 13.6. The summed E-state index contributed by atoms with van der Waals surface area (Å²) in [6.45, 7) is 2.01. The molecular weight excluding hydrogens is 395 g/mol. The highest BCUT2D eigenvalue weighted by molar-refractivity contribution is 7.18. The molecule has 8 heteroatoms. The van der Waals surface area contributed by atoms with Gasteiger partial charge in [0.05, 0.1) is 23.1 Å². The van der Waals surface area contributed by atoms with Gasteiger partial charge in [0, 0.05) is 16.2 Å². The molecule has 0 aliphatic carbocycles. The Morgan fingerprint density at radius 3 is 2.82 bits per heavy atom. The zero-order chi connectivity index (χ0) is 19.5. The van der Waals surface area contributed by atoms with E-state index in [4.69, 9.17) is 0 Å². The smallest absolute Gasteiger partial charge is 0.158 e. The van der Waals surface area contributed by atoms with E-state index in [1.807, 2.05) is 25.1 Å². The van der Waals surface area contributed by atoms with Crippen molar-refractivity contribution < 1.29 is 9.50 Å². The van der Waals surface area contributed by atoms with Gasteiger partial charge >= 0.3 is 0 Å². The fourth-order valence-electron chi connectivity index (χ4n) is 2.83. The maximum atomic E-state index is 13.9. The van der Waals surface area contributed by atoms with Crippen molar-refractivity contribution in [2.24, 2.45) is 5.10 Å². The van der Waals surface area contributed by atoms with Crippen molar-refractivity contribution >= 4 is 44.9 Å². The van der Waals surface area contributed by atoms with Crippen LogP contribution < -0.4 is 5.43 Å². The third kappa shape index (κ3) is 3.94. The van der Waals surface area contributed by atoms with E-state index in [1.165, 1.54) is 35.1 Å². The summed E-state index contributed by atoms with van der Waals surface area (Å²) in [7, 11) is 0. The second-order valence-corrected chi connectivity index (χ2v) is 8.49. The van der Waals surface area contributed by atoms with E-state index >= 15 is 0 Å². The van der Waals surface area contributed by atoms with Gasteiger partial charge in [-0.05, 0) is 36.2 Å². The minimum absolute atomic E-state index is 0.0268. The van der Waals surface area contributed by atoms with E-state index in [0.717, 1.165) is 30.4 Å². The molecule has 3 aromatic heterocycles. The highest BCUT2D eigenvalue weighted by atomic mass is 32.1. The topological polar surface area (TPSA) is 70.4 Å². The third-order valence-corrected chi connectivity index (χ3v) is 6.42. The Morgan fingerprint density at radius 2 is 2.04 bits per heavy atom. The molecule has 0 unspecified atom stereocenters. The van der Waals surface area contributed by atoms with Gasteiger partial charge in [-0.15, -0.1) is 22.7 Å². The van der Waals surface area contributed by atoms with E-state index in [9.17, 15) is 9.50 Å². The van der Waals surface area contributed by atoms with E-state index in [2.05, 4.69) is 20.5 Å². The molecule has 0 bridgehead atoms. The van der Waals surface area contributed by atoms with Crippen LogP contribution in [0, 0.1) is 12.7 Å². The largest absolute Gasteiger partial charge is 0.391 e. The first kappa shape index (κ1) is 18.7. The Bertz CT molecular complexity index is 1150. The summed E-state index contributed by atoms with van der Waals surface area (Å²) in [6, 6.07) is 10.7. The SMILES string of the molecule is Cc1cc(CO)sc1/C=N/Nc1ncnc2sc(Cc3ccccc3F)cc12. The Balaban J connectivity index is 1.56. The van der Waals surface area contributed by atoms with Gasteiger partial charge in [0.2, 0.25) is 0 Å². The van der Waals surface area contributed by atoms with Gasteiger partial charge in [-0.1, -0.05) is 18.2 Å². The van der Waals surface area contributed by atoms with Crippen LogP contribution in [0.5, 0.6) is 0 Å². The Labute approximate surface area is 169 Å². The zero-order valence-electron chi connectivity index (χ0n) is 15.0. The first-order valence-electron chi connectivity index (χ1n) is 8.60. The number of hydrazone groups is 1. The molecule has 1 aromatic carbocycles. The lowest BCUT2D eigenvalue weighted by molar-refractivity contribution is 0.285. The number of hydrogen-bond acceptors (Lipinski definition) is 7. The summed E-state index contributed by atoms with van der Waals surface area (Å²) in [5, 5.41) is 14.4. The minimum Gasteiger partial charge on any atom is -0.391 e. The van der Waals surface area contributed by atoms with Crippen LogP contribution in [0.1, 0.15) is 25.8 Å². The molecule has 0 atom stereocenters. The maximum Gasteiger partial charge on any atom is 0.158 e. The Hall–Kier alpha value is -2.68. The van der Waals surface area contributed by atoms with Crippen molar-refractivity contribution in [2.75, 3.05) is 5.43 Å². The lowest BCUT2D eigenvalue weighted by Crippen LogP contribution is -1.94. The lowest BCUT2D eigenvalue weighted by Gasteiger charge is -2.00. The van der Waals surface area contributed by atoms with E-state index in [1.54, 1.807) is 18.3 Å². The molecule has 0 amide bonds. The molecule has 0 spiro atoms. The van der Waals surface area contributed by atoms with E-state index < -0.39 is 0 Å². The van der Waals surface area contributed by atoms with Crippen LogP contribution in [0.15, 0.2) is 47.8 Å². The summed E-state index contributed by atoms with van der Waals surface area (Å²) in [5.41, 5.74) is 4.69. The monoisotopic (exact) mass is 412 g/mol. The van der Waals surface area contributed by atoms with Gasteiger partial charge < -0.3 is 5.11 Å². The molecule has 0 radical (unpaired) electrons. The van der Waals surface area contributed by atoms with Gasteiger partial charge in [0.15, 0.2) is 5.82 Å². The maximum absolute atomic E-state index is 13.9. The molecule has 0 aliphatic heterocycles. The summed E-state index contributed by atoms with van der Waals surface area (Å²) < 4.78 is 13.9. The highest BCUT2D eigenvalue weighted by Gasteiger charge is 2.11. The molecule has 0 saturated heterocycles. The van der Waals surface area contributed by atoms with Crippen molar-refractivity contribution in [1.82, 2.24) is 9.97 Å². The number of nitrogens with zero attached hydrogens (tertiary/aromatic N) is 3. The predicted molar refractivity (Wildman–Crippen MR) is 113 cm³/mol. The molecule has 4 aromatic rings. The third-order valence-electron chi connectivity index (χ3n) is 4.22. The number of nitrogens with one attached hydrogen (secondary N) is 1. The average Bonchev–Trinajstić information content (AvgIpc) is 3.27. The average molecular weight is 413 g/mol. The number of hydrogen-bond donors (Lipinski definition) is 2. The molecule has 28 heavy (non-hydrogen) atoms. The van der Waals surface area contributed by atoms with Crippen molar-refractivity contribution in [1.29, 1.82) is 0 Å². The number of halogens is 1. The minimum atomic E-state index is -0.206. The standard InChI is InChI=1S/C20H17FN4OS2/c1-12-6-15(10-26)27-18(12)9-24-25-19-16-8-14(28-20(16)23-11-22-19)7-13-4-2-3-5-17(13)21/h2-6,8-9,11,26H,7,10H2,1H3,(H,22,23,25)/b24-9+. The quantitative estimate of drug-likeness (QED) is 0.355. The van der Waals surface area contributed by atoms with Crippen molar-refractivity contribution in [3.8, 4) is 0 Å². The van der Waals surface area contributed by atoms with E-state index in [-0.39, 0.29) is 12.4 Å². The van der Waals surface area contributed by atoms with Crippen LogP contribution in [0.2, 0.25) is 0 Å². The number of fused-ring (bicyclic) bond motifs is 1. The number of rotatable bonds is 6. The number of aryl methyl sites for hydroxylation is 1. The highest BCUT2D eigenvalue weighted by Crippen LogP contribution is 2.30. The van der Waals surface area contributed by atoms with Crippen molar-refractivity contribution in [3.63, 3.8) is 0 Å². The summed E-state index contributed by atoms with van der Waals surface area (Å²) >= 11 is 3.02. The van der Waals surface area contributed by atoms with Gasteiger partial charge in [-0.3, -0.25) is 5.43 Å². The van der Waals surface area contributed by atoms with Crippen LogP contribution in [-0.2, 0) is 13.0 Å². The summed E-state index contributed by atoms with van der Waals surface area (Å²) in [6.07, 6.45) is 3.72. The summed E-state index contributed by atoms with van der Waals surface area (Å²) in [4.78, 5) is 12.3. The fourth-order valence-corrected chi connectivity index (χ4v) is 4.76. The number of anilines is 1. The Morgan fingerprint density at radius 1 is 1.18 bits per heavy atom. The zero-order valence-corrected chi connectivity index (χ0v) is 16.6. The molecule has 0 aliphatic rings. The number of aliphatic hydroxyl groups is 1. The number of aliphatic hydroxyl groups excluding tert-OH is 1. The molecule has 5 nitrogen and oxygen atoms in total. The van der Waals surface area contributed by atoms with Gasteiger partial charge in [0.1, 0.15) is 17.0 Å². The molecule has 3 heterocycles. The van der Waals surface area contributed by atoms with Crippen LogP contribution in [-0.4, -0.2) is 21.3 Å². The van der Waals surface area contributed by atoms with Gasteiger partial charge in [-0.25, -0.2) is 14.4 Å². The van der Waals surface area contributed by atoms with Crippen LogP contribution in [0.4, 0.5) is 10.2 Å². The summed E-state index contributed by atoms with van der Waals surface area (Å²) in [5.74, 6) is 0.399. The van der Waals surface area contributed by atoms with E-state index in [0.29, 0.717) is 17.8 Å². The van der Waals surface area contributed by atoms with Crippen LogP contribution in [0.25, 0.3) is 10.2 Å². The van der Waals surface area contributed by atoms with Gasteiger partial charge in [-0.2, -0.15) is 5.10 Å². The lowest BCUT2D eigenvalue weighted by atomic mass is 10.1. The molecule has 142 valence electrons. The van der Waals surface area contributed by atoms with Crippen LogP contribution in [0.3, 0.4) is 0 Å². The number of benzene rings is 1. The second-order valence-electron chi connectivity index (χ2n) is 6.21.